The molecule has 0 saturated carbocycles. The number of H-pyrrole nitrogens is 1. The van der Waals surface area contributed by atoms with Crippen molar-refractivity contribution in [3.05, 3.63) is 71.4 Å². The van der Waals surface area contributed by atoms with Gasteiger partial charge in [-0.1, -0.05) is 54.3 Å². The fraction of sp³-hybridized carbons (Fsp3) is 0.400. The van der Waals surface area contributed by atoms with Crippen molar-refractivity contribution in [2.24, 2.45) is 5.92 Å². The third kappa shape index (κ3) is 6.79. The maximum atomic E-state index is 12.2. The number of hydrogen-bond acceptors (Lipinski definition) is 6. The minimum Gasteiger partial charge on any atom is -0.448 e. The largest absolute Gasteiger partial charge is 0.448 e. The zero-order chi connectivity index (χ0) is 27.0. The molecule has 4 N–H and O–H groups in total. The molecule has 204 valence electrons. The van der Waals surface area contributed by atoms with Crippen molar-refractivity contribution < 1.29 is 24.3 Å². The summed E-state index contributed by atoms with van der Waals surface area (Å²) < 4.78 is 11.0. The van der Waals surface area contributed by atoms with Gasteiger partial charge in [0.2, 0.25) is 0 Å². The van der Waals surface area contributed by atoms with Crippen LogP contribution in [0.2, 0.25) is 0 Å². The van der Waals surface area contributed by atoms with Crippen molar-refractivity contribution in [2.75, 3.05) is 32.8 Å². The van der Waals surface area contributed by atoms with Gasteiger partial charge >= 0.3 is 6.09 Å². The topological polar surface area (TPSA) is 116 Å². The van der Waals surface area contributed by atoms with Gasteiger partial charge < -0.3 is 19.8 Å². The quantitative estimate of drug-likeness (QED) is 0.162. The maximum absolute atomic E-state index is 12.2. The van der Waals surface area contributed by atoms with Crippen molar-refractivity contribution >= 4 is 22.9 Å². The minimum atomic E-state index is -0.531. The number of amides is 2. The standard InChI is InChI=1S/C30H34N4O5/c35-29(33-37)27-12-11-25(27)22-9-7-21(8-10-22)20-34(14-13-23-18-31-28-6-2-1-5-26(23)28)15-17-39-30(36)32-19-24-4-3-16-38-24/h1-2,5-10,18,24-25,27,31,37H,3-4,13-17,19-20H2,(H,32,36)(H,33,35). The molecular formula is C30H34N4O5. The molecule has 1 aliphatic carbocycles. The van der Waals surface area contributed by atoms with E-state index in [9.17, 15) is 9.59 Å². The van der Waals surface area contributed by atoms with Crippen LogP contribution in [0.25, 0.3) is 10.9 Å². The molecule has 1 aliphatic heterocycles. The molecule has 3 aromatic rings. The minimum absolute atomic E-state index is 0.0763. The normalized spacial score (nSPS) is 19.8. The predicted octanol–water partition coefficient (Wildman–Crippen LogP) is 3.34. The van der Waals surface area contributed by atoms with Crippen molar-refractivity contribution in [1.82, 2.24) is 20.7 Å². The van der Waals surface area contributed by atoms with Gasteiger partial charge in [0.1, 0.15) is 12.5 Å². The molecule has 9 nitrogen and oxygen atoms in total. The van der Waals surface area contributed by atoms with Crippen LogP contribution < -0.4 is 10.8 Å². The molecule has 2 amide bonds. The van der Waals surface area contributed by atoms with Crippen LogP contribution in [-0.2, 0) is 27.2 Å². The lowest BCUT2D eigenvalue weighted by molar-refractivity contribution is -0.132. The first-order valence-electron chi connectivity index (χ1n) is 13.4. The number of fused-ring (bicyclic) bond motifs is 1. The van der Waals surface area contributed by atoms with E-state index in [1.54, 1.807) is 5.48 Å². The first kappa shape index (κ1) is 26.8. The number of ether oxygens (including phenoxy) is 2. The highest BCUT2D eigenvalue weighted by Gasteiger charge is 2.32. The molecule has 3 atom stereocenters. The average molecular weight is 531 g/mol. The van der Waals surface area contributed by atoms with Gasteiger partial charge in [-0.15, -0.1) is 0 Å². The number of rotatable bonds is 12. The maximum Gasteiger partial charge on any atom is 0.407 e. The molecular weight excluding hydrogens is 496 g/mol. The van der Waals surface area contributed by atoms with Crippen LogP contribution in [0.3, 0.4) is 0 Å². The Morgan fingerprint density at radius 3 is 2.72 bits per heavy atom. The third-order valence-corrected chi connectivity index (χ3v) is 7.38. The predicted molar refractivity (Wildman–Crippen MR) is 146 cm³/mol. The summed E-state index contributed by atoms with van der Waals surface area (Å²) in [4.78, 5) is 29.6. The van der Waals surface area contributed by atoms with E-state index in [4.69, 9.17) is 14.7 Å². The number of para-hydroxylation sites is 1. The summed E-state index contributed by atoms with van der Waals surface area (Å²) in [7, 11) is 0. The van der Waals surface area contributed by atoms with Crippen LogP contribution in [0.5, 0.6) is 0 Å². The number of nitrogens with one attached hydrogen (secondary N) is 3. The number of benzene rings is 2. The average Bonchev–Trinajstić information content (AvgIpc) is 3.61. The van der Waals surface area contributed by atoms with Crippen LogP contribution in [-0.4, -0.2) is 66.0 Å². The van der Waals surface area contributed by atoms with E-state index in [0.717, 1.165) is 49.1 Å². The van der Waals surface area contributed by atoms with E-state index >= 15 is 0 Å². The van der Waals surface area contributed by atoms with Gasteiger partial charge in [0, 0.05) is 49.9 Å². The summed E-state index contributed by atoms with van der Waals surface area (Å²) in [6.07, 6.45) is 4.56. The summed E-state index contributed by atoms with van der Waals surface area (Å²) in [5.41, 5.74) is 6.11. The SMILES string of the molecule is O=C(NCC1CCCO1)OCCN(CCc1c[nH]c2ccccc12)Cc1ccc(C2C#CC2C(=O)NO)cc1. The second-order valence-electron chi connectivity index (χ2n) is 10.00. The number of aromatic nitrogens is 1. The fourth-order valence-electron chi connectivity index (χ4n) is 5.11. The van der Waals surface area contributed by atoms with Crippen LogP contribution in [0, 0.1) is 17.8 Å². The summed E-state index contributed by atoms with van der Waals surface area (Å²) in [5.74, 6) is 4.58. The Bertz CT molecular complexity index is 1340. The highest BCUT2D eigenvalue weighted by molar-refractivity contribution is 5.84. The lowest BCUT2D eigenvalue weighted by Gasteiger charge is -2.24. The van der Waals surface area contributed by atoms with Gasteiger partial charge in [0.25, 0.3) is 5.91 Å². The Morgan fingerprint density at radius 2 is 1.97 bits per heavy atom. The summed E-state index contributed by atoms with van der Waals surface area (Å²) >= 11 is 0. The number of carbonyl (C=O) groups is 2. The van der Waals surface area contributed by atoms with E-state index in [1.165, 1.54) is 10.9 Å². The Labute approximate surface area is 227 Å². The van der Waals surface area contributed by atoms with Gasteiger partial charge in [-0.3, -0.25) is 14.9 Å². The number of alkyl carbamates (subject to hydrolysis) is 1. The monoisotopic (exact) mass is 530 g/mol. The molecule has 0 bridgehead atoms. The molecule has 1 saturated heterocycles. The van der Waals surface area contributed by atoms with Crippen LogP contribution in [0.4, 0.5) is 4.79 Å². The molecule has 3 unspecified atom stereocenters. The zero-order valence-electron chi connectivity index (χ0n) is 21.8. The molecule has 9 heteroatoms. The molecule has 2 aromatic carbocycles. The van der Waals surface area contributed by atoms with Gasteiger partial charge in [-0.2, -0.15) is 0 Å². The molecule has 0 radical (unpaired) electrons. The van der Waals surface area contributed by atoms with Gasteiger partial charge in [-0.05, 0) is 42.0 Å². The molecule has 5 rings (SSSR count). The van der Waals surface area contributed by atoms with E-state index in [1.807, 2.05) is 36.4 Å². The molecule has 2 aliphatic rings. The van der Waals surface area contributed by atoms with Gasteiger partial charge in [0.05, 0.1) is 12.0 Å². The number of aromatic amines is 1. The van der Waals surface area contributed by atoms with E-state index < -0.39 is 17.9 Å². The summed E-state index contributed by atoms with van der Waals surface area (Å²) in [6, 6.07) is 16.3. The Morgan fingerprint density at radius 1 is 1.13 bits per heavy atom. The number of hydrogen-bond donors (Lipinski definition) is 4. The second-order valence-corrected chi connectivity index (χ2v) is 10.00. The lowest BCUT2D eigenvalue weighted by Crippen LogP contribution is -2.35. The molecule has 39 heavy (non-hydrogen) atoms. The van der Waals surface area contributed by atoms with Crippen LogP contribution in [0.15, 0.2) is 54.7 Å². The fourth-order valence-corrected chi connectivity index (χ4v) is 5.11. The number of carbonyl (C=O) groups excluding carboxylic acids is 2. The van der Waals surface area contributed by atoms with Crippen molar-refractivity contribution in [1.29, 1.82) is 0 Å². The first-order valence-corrected chi connectivity index (χ1v) is 13.4. The van der Waals surface area contributed by atoms with Gasteiger partial charge in [0.15, 0.2) is 0 Å². The van der Waals surface area contributed by atoms with Crippen molar-refractivity contribution in [3.8, 4) is 11.8 Å². The highest BCUT2D eigenvalue weighted by atomic mass is 16.5. The third-order valence-electron chi connectivity index (χ3n) is 7.38. The first-order chi connectivity index (χ1) is 19.1. The van der Waals surface area contributed by atoms with E-state index in [2.05, 4.69) is 45.4 Å². The summed E-state index contributed by atoms with van der Waals surface area (Å²) in [5, 5.41) is 12.9. The van der Waals surface area contributed by atoms with Gasteiger partial charge in [-0.25, -0.2) is 10.3 Å². The molecule has 2 heterocycles. The van der Waals surface area contributed by atoms with Crippen molar-refractivity contribution in [2.45, 2.75) is 37.8 Å². The van der Waals surface area contributed by atoms with Crippen LogP contribution >= 0.6 is 0 Å². The lowest BCUT2D eigenvalue weighted by atomic mass is 9.79. The zero-order valence-corrected chi connectivity index (χ0v) is 21.8. The Balaban J connectivity index is 1.18. The molecule has 1 fully saturated rings. The molecule has 1 aromatic heterocycles. The highest BCUT2D eigenvalue weighted by Crippen LogP contribution is 2.30. The second kappa shape index (κ2) is 12.8. The van der Waals surface area contributed by atoms with Crippen LogP contribution in [0.1, 0.15) is 35.4 Å². The summed E-state index contributed by atoms with van der Waals surface area (Å²) in [6.45, 7) is 3.56. The van der Waals surface area contributed by atoms with Crippen molar-refractivity contribution in [3.63, 3.8) is 0 Å². The van der Waals surface area contributed by atoms with E-state index in [-0.39, 0.29) is 18.6 Å². The van der Waals surface area contributed by atoms with E-state index in [0.29, 0.717) is 19.6 Å². The smallest absolute Gasteiger partial charge is 0.407 e. The number of nitrogens with zero attached hydrogens (tertiary/aromatic N) is 1. The number of hydroxylamine groups is 1. The molecule has 0 spiro atoms. The Kier molecular flexibility index (Phi) is 8.78. The Hall–Kier alpha value is -3.84.